The van der Waals surface area contributed by atoms with E-state index in [1.54, 1.807) is 0 Å². The van der Waals surface area contributed by atoms with Crippen molar-refractivity contribution in [3.8, 4) is 5.75 Å². The maximum absolute atomic E-state index is 11.5. The van der Waals surface area contributed by atoms with E-state index in [1.807, 2.05) is 18.2 Å². The van der Waals surface area contributed by atoms with Crippen LogP contribution in [-0.2, 0) is 5.41 Å². The summed E-state index contributed by atoms with van der Waals surface area (Å²) in [6, 6.07) is 8.07. The minimum absolute atomic E-state index is 0.382. The third-order valence-electron chi connectivity index (χ3n) is 5.47. The van der Waals surface area contributed by atoms with Crippen molar-refractivity contribution >= 4 is 0 Å². The average Bonchev–Trinajstić information content (AvgIpc) is 2.69. The minimum atomic E-state index is -0.744. The summed E-state index contributed by atoms with van der Waals surface area (Å²) in [7, 11) is 2.12. The molecular weight excluding hydrogens is 264 g/mol. The number of hydrogen-bond acceptors (Lipinski definition) is 4. The SMILES string of the molecule is CN1CCCC(O)(C2(CN)CCOc3ccccc32)CC1. The van der Waals surface area contributed by atoms with Crippen LogP contribution in [-0.4, -0.2) is 48.9 Å². The number of para-hydroxylation sites is 1. The van der Waals surface area contributed by atoms with Crippen LogP contribution in [0.1, 0.15) is 31.2 Å². The Bertz CT molecular complexity index is 507. The van der Waals surface area contributed by atoms with Crippen molar-refractivity contribution in [3.05, 3.63) is 29.8 Å². The van der Waals surface area contributed by atoms with Crippen LogP contribution in [0.4, 0.5) is 0 Å². The Labute approximate surface area is 126 Å². The van der Waals surface area contributed by atoms with Crippen molar-refractivity contribution in [1.29, 1.82) is 0 Å². The van der Waals surface area contributed by atoms with Gasteiger partial charge in [-0.2, -0.15) is 0 Å². The Kier molecular flexibility index (Phi) is 3.95. The first-order valence-electron chi connectivity index (χ1n) is 7.95. The number of fused-ring (bicyclic) bond motifs is 1. The van der Waals surface area contributed by atoms with Gasteiger partial charge >= 0.3 is 0 Å². The van der Waals surface area contributed by atoms with Gasteiger partial charge in [-0.15, -0.1) is 0 Å². The summed E-state index contributed by atoms with van der Waals surface area (Å²) < 4.78 is 5.79. The second-order valence-corrected chi connectivity index (χ2v) is 6.57. The topological polar surface area (TPSA) is 58.7 Å². The Balaban J connectivity index is 2.04. The zero-order valence-corrected chi connectivity index (χ0v) is 12.8. The number of rotatable bonds is 2. The molecule has 0 amide bonds. The summed E-state index contributed by atoms with van der Waals surface area (Å²) in [5.41, 5.74) is 6.19. The summed E-state index contributed by atoms with van der Waals surface area (Å²) in [4.78, 5) is 2.30. The summed E-state index contributed by atoms with van der Waals surface area (Å²) in [5.74, 6) is 0.889. The number of hydrogen-bond donors (Lipinski definition) is 2. The van der Waals surface area contributed by atoms with Crippen molar-refractivity contribution in [1.82, 2.24) is 4.90 Å². The van der Waals surface area contributed by atoms with Gasteiger partial charge < -0.3 is 20.5 Å². The maximum Gasteiger partial charge on any atom is 0.123 e. The van der Waals surface area contributed by atoms with Crippen LogP contribution in [0.2, 0.25) is 0 Å². The van der Waals surface area contributed by atoms with Crippen LogP contribution in [0.25, 0.3) is 0 Å². The van der Waals surface area contributed by atoms with Crippen molar-refractivity contribution in [2.24, 2.45) is 5.73 Å². The van der Waals surface area contributed by atoms with Crippen molar-refractivity contribution in [3.63, 3.8) is 0 Å². The molecule has 3 rings (SSSR count). The molecule has 3 N–H and O–H groups in total. The highest BCUT2D eigenvalue weighted by Crippen LogP contribution is 2.49. The van der Waals surface area contributed by atoms with E-state index in [0.717, 1.165) is 50.1 Å². The van der Waals surface area contributed by atoms with E-state index in [-0.39, 0.29) is 5.41 Å². The highest BCUT2D eigenvalue weighted by atomic mass is 16.5. The molecule has 0 saturated carbocycles. The fourth-order valence-electron chi connectivity index (χ4n) is 4.08. The molecule has 4 heteroatoms. The molecule has 2 aliphatic rings. The van der Waals surface area contributed by atoms with Gasteiger partial charge in [-0.3, -0.25) is 0 Å². The van der Waals surface area contributed by atoms with Gasteiger partial charge in [0.2, 0.25) is 0 Å². The average molecular weight is 290 g/mol. The smallest absolute Gasteiger partial charge is 0.123 e. The van der Waals surface area contributed by atoms with Crippen LogP contribution >= 0.6 is 0 Å². The second-order valence-electron chi connectivity index (χ2n) is 6.57. The molecule has 0 bridgehead atoms. The lowest BCUT2D eigenvalue weighted by atomic mass is 9.61. The Morgan fingerprint density at radius 1 is 1.24 bits per heavy atom. The van der Waals surface area contributed by atoms with E-state index in [9.17, 15) is 5.11 Å². The lowest BCUT2D eigenvalue weighted by molar-refractivity contribution is -0.0634. The van der Waals surface area contributed by atoms with Gasteiger partial charge in [0, 0.05) is 24.1 Å². The highest BCUT2D eigenvalue weighted by molar-refractivity contribution is 5.44. The molecule has 1 saturated heterocycles. The molecule has 2 heterocycles. The fraction of sp³-hybridized carbons (Fsp3) is 0.647. The number of likely N-dealkylation sites (tertiary alicyclic amines) is 1. The van der Waals surface area contributed by atoms with Crippen molar-refractivity contribution in [2.45, 2.75) is 36.7 Å². The summed E-state index contributed by atoms with van der Waals surface area (Å²) in [5, 5.41) is 11.5. The molecule has 0 aliphatic carbocycles. The number of benzene rings is 1. The van der Waals surface area contributed by atoms with E-state index in [4.69, 9.17) is 10.5 Å². The van der Waals surface area contributed by atoms with Crippen LogP contribution in [0.15, 0.2) is 24.3 Å². The third-order valence-corrected chi connectivity index (χ3v) is 5.47. The molecule has 2 atom stereocenters. The lowest BCUT2D eigenvalue weighted by Crippen LogP contribution is -2.58. The van der Waals surface area contributed by atoms with Crippen LogP contribution in [0, 0.1) is 0 Å². The van der Waals surface area contributed by atoms with Gasteiger partial charge in [-0.1, -0.05) is 18.2 Å². The number of nitrogens with zero attached hydrogens (tertiary/aromatic N) is 1. The Hall–Kier alpha value is -1.10. The molecule has 2 unspecified atom stereocenters. The molecule has 1 fully saturated rings. The molecule has 1 aromatic carbocycles. The zero-order chi connectivity index (χ0) is 14.9. The molecule has 0 aromatic heterocycles. The van der Waals surface area contributed by atoms with Gasteiger partial charge in [-0.05, 0) is 45.3 Å². The van der Waals surface area contributed by atoms with Gasteiger partial charge in [-0.25, -0.2) is 0 Å². The van der Waals surface area contributed by atoms with Crippen molar-refractivity contribution in [2.75, 3.05) is 33.3 Å². The molecule has 0 spiro atoms. The predicted molar refractivity (Wildman–Crippen MR) is 83.6 cm³/mol. The van der Waals surface area contributed by atoms with E-state index in [2.05, 4.69) is 18.0 Å². The summed E-state index contributed by atoms with van der Waals surface area (Å²) >= 11 is 0. The molecular formula is C17H26N2O2. The summed E-state index contributed by atoms with van der Waals surface area (Å²) in [6.07, 6.45) is 3.39. The van der Waals surface area contributed by atoms with Crippen LogP contribution < -0.4 is 10.5 Å². The second kappa shape index (κ2) is 5.59. The predicted octanol–water partition coefficient (Wildman–Crippen LogP) is 1.51. The van der Waals surface area contributed by atoms with Gasteiger partial charge in [0.15, 0.2) is 0 Å². The molecule has 21 heavy (non-hydrogen) atoms. The normalized spacial score (nSPS) is 33.9. The fourth-order valence-corrected chi connectivity index (χ4v) is 4.08. The highest BCUT2D eigenvalue weighted by Gasteiger charge is 2.52. The Morgan fingerprint density at radius 3 is 2.86 bits per heavy atom. The zero-order valence-electron chi connectivity index (χ0n) is 12.8. The number of ether oxygens (including phenoxy) is 1. The molecule has 4 nitrogen and oxygen atoms in total. The van der Waals surface area contributed by atoms with E-state index in [1.165, 1.54) is 0 Å². The lowest BCUT2D eigenvalue weighted by Gasteiger charge is -2.49. The number of aliphatic hydroxyl groups is 1. The van der Waals surface area contributed by atoms with Crippen LogP contribution in [0.5, 0.6) is 5.75 Å². The first-order valence-corrected chi connectivity index (χ1v) is 7.95. The third kappa shape index (κ3) is 2.35. The van der Waals surface area contributed by atoms with Crippen LogP contribution in [0.3, 0.4) is 0 Å². The van der Waals surface area contributed by atoms with Gasteiger partial charge in [0.25, 0.3) is 0 Å². The minimum Gasteiger partial charge on any atom is -0.493 e. The van der Waals surface area contributed by atoms with Gasteiger partial charge in [0.1, 0.15) is 5.75 Å². The molecule has 2 aliphatic heterocycles. The van der Waals surface area contributed by atoms with E-state index >= 15 is 0 Å². The molecule has 116 valence electrons. The van der Waals surface area contributed by atoms with Gasteiger partial charge in [0.05, 0.1) is 12.2 Å². The molecule has 0 radical (unpaired) electrons. The molecule has 1 aromatic rings. The van der Waals surface area contributed by atoms with E-state index < -0.39 is 5.60 Å². The maximum atomic E-state index is 11.5. The quantitative estimate of drug-likeness (QED) is 0.867. The first-order chi connectivity index (χ1) is 10.1. The summed E-state index contributed by atoms with van der Waals surface area (Å²) in [6.45, 7) is 3.06. The standard InChI is InChI=1S/C17H26N2O2/c1-19-10-4-7-17(20,8-11-19)16(13-18)9-12-21-15-6-3-2-5-14(15)16/h2-3,5-6,20H,4,7-13,18H2,1H3. The monoisotopic (exact) mass is 290 g/mol. The first kappa shape index (κ1) is 14.8. The number of nitrogens with two attached hydrogens (primary N) is 1. The van der Waals surface area contributed by atoms with E-state index in [0.29, 0.717) is 13.2 Å². The largest absolute Gasteiger partial charge is 0.493 e. The van der Waals surface area contributed by atoms with Crippen molar-refractivity contribution < 1.29 is 9.84 Å². The Morgan fingerprint density at radius 2 is 2.05 bits per heavy atom.